The summed E-state index contributed by atoms with van der Waals surface area (Å²) in [6, 6.07) is 13.0. The zero-order valence-electron chi connectivity index (χ0n) is 9.86. The van der Waals surface area contributed by atoms with Gasteiger partial charge in [-0.3, -0.25) is 0 Å². The molecule has 94 valence electrons. The molecule has 0 aromatic heterocycles. The zero-order chi connectivity index (χ0) is 13.1. The van der Waals surface area contributed by atoms with E-state index < -0.39 is 0 Å². The number of rotatable bonds is 3. The van der Waals surface area contributed by atoms with E-state index >= 15 is 0 Å². The largest absolute Gasteiger partial charge is 0.457 e. The fraction of sp³-hybridized carbons (Fsp3) is 0.143. The Labute approximate surface area is 120 Å². The first-order valence-electron chi connectivity index (χ1n) is 5.54. The fourth-order valence-corrected chi connectivity index (χ4v) is 2.51. The van der Waals surface area contributed by atoms with Crippen LogP contribution in [0.3, 0.4) is 0 Å². The van der Waals surface area contributed by atoms with Gasteiger partial charge in [0.2, 0.25) is 0 Å². The lowest BCUT2D eigenvalue weighted by Crippen LogP contribution is -2.05. The van der Waals surface area contributed by atoms with Gasteiger partial charge in [0.15, 0.2) is 0 Å². The van der Waals surface area contributed by atoms with Crippen molar-refractivity contribution in [2.45, 2.75) is 13.0 Å². The minimum Gasteiger partial charge on any atom is -0.457 e. The van der Waals surface area contributed by atoms with E-state index in [0.29, 0.717) is 10.8 Å². The van der Waals surface area contributed by atoms with Gasteiger partial charge in [0.1, 0.15) is 11.5 Å². The van der Waals surface area contributed by atoms with E-state index in [2.05, 4.69) is 15.9 Å². The van der Waals surface area contributed by atoms with E-state index in [1.54, 1.807) is 6.07 Å². The maximum atomic E-state index is 5.90. The molecule has 0 radical (unpaired) electrons. The molecule has 2 aromatic carbocycles. The van der Waals surface area contributed by atoms with Crippen LogP contribution in [0.25, 0.3) is 0 Å². The van der Waals surface area contributed by atoms with E-state index in [1.165, 1.54) is 0 Å². The molecular weight excluding hydrogens is 314 g/mol. The number of halogens is 2. The van der Waals surface area contributed by atoms with Crippen LogP contribution < -0.4 is 10.5 Å². The Morgan fingerprint density at radius 3 is 2.50 bits per heavy atom. The van der Waals surface area contributed by atoms with Crippen LogP contribution in [0, 0.1) is 0 Å². The first kappa shape index (κ1) is 13.4. The van der Waals surface area contributed by atoms with Gasteiger partial charge < -0.3 is 10.5 Å². The van der Waals surface area contributed by atoms with Gasteiger partial charge in [0.05, 0.1) is 0 Å². The highest BCUT2D eigenvalue weighted by atomic mass is 79.9. The van der Waals surface area contributed by atoms with Crippen molar-refractivity contribution in [3.63, 3.8) is 0 Å². The molecule has 0 spiro atoms. The number of hydrogen-bond donors (Lipinski definition) is 1. The van der Waals surface area contributed by atoms with Gasteiger partial charge in [-0.25, -0.2) is 0 Å². The smallest absolute Gasteiger partial charge is 0.128 e. The highest BCUT2D eigenvalue weighted by molar-refractivity contribution is 9.10. The van der Waals surface area contributed by atoms with E-state index in [4.69, 9.17) is 22.1 Å². The van der Waals surface area contributed by atoms with E-state index in [1.807, 2.05) is 43.3 Å². The Morgan fingerprint density at radius 1 is 1.17 bits per heavy atom. The average Bonchev–Trinajstić information content (AvgIpc) is 2.28. The molecule has 0 aliphatic carbocycles. The molecule has 0 bridgehead atoms. The topological polar surface area (TPSA) is 35.2 Å². The van der Waals surface area contributed by atoms with Crippen molar-refractivity contribution in [2.75, 3.05) is 0 Å². The van der Waals surface area contributed by atoms with Crippen LogP contribution in [-0.2, 0) is 0 Å². The molecule has 0 amide bonds. The molecule has 1 atom stereocenters. The summed E-state index contributed by atoms with van der Waals surface area (Å²) < 4.78 is 6.66. The highest BCUT2D eigenvalue weighted by Crippen LogP contribution is 2.30. The van der Waals surface area contributed by atoms with Crippen LogP contribution in [0.4, 0.5) is 0 Å². The summed E-state index contributed by atoms with van der Waals surface area (Å²) in [6.45, 7) is 1.94. The summed E-state index contributed by atoms with van der Waals surface area (Å²) in [5, 5.41) is 0.652. The quantitative estimate of drug-likeness (QED) is 0.869. The molecule has 2 nitrogen and oxygen atoms in total. The lowest BCUT2D eigenvalue weighted by atomic mass is 10.1. The van der Waals surface area contributed by atoms with Crippen LogP contribution in [0.5, 0.6) is 11.5 Å². The first-order chi connectivity index (χ1) is 8.56. The third-order valence-corrected chi connectivity index (χ3v) is 3.42. The molecule has 4 heteroatoms. The van der Waals surface area contributed by atoms with Crippen molar-refractivity contribution in [2.24, 2.45) is 5.73 Å². The van der Waals surface area contributed by atoms with Crippen molar-refractivity contribution < 1.29 is 4.74 Å². The molecule has 0 aliphatic heterocycles. The molecule has 2 rings (SSSR count). The minimum absolute atomic E-state index is 0.0143. The second-order valence-electron chi connectivity index (χ2n) is 4.03. The van der Waals surface area contributed by atoms with Gasteiger partial charge in [-0.2, -0.15) is 0 Å². The zero-order valence-corrected chi connectivity index (χ0v) is 12.2. The molecule has 2 aromatic rings. The average molecular weight is 327 g/mol. The molecule has 0 saturated heterocycles. The molecule has 2 N–H and O–H groups in total. The molecule has 0 fully saturated rings. The van der Waals surface area contributed by atoms with Crippen LogP contribution >= 0.6 is 27.5 Å². The van der Waals surface area contributed by atoms with Gasteiger partial charge in [-0.1, -0.05) is 39.7 Å². The van der Waals surface area contributed by atoms with Crippen LogP contribution in [0.1, 0.15) is 18.5 Å². The van der Waals surface area contributed by atoms with Crippen molar-refractivity contribution >= 4 is 27.5 Å². The molecular formula is C14H13BrClNO. The highest BCUT2D eigenvalue weighted by Gasteiger charge is 2.06. The summed E-state index contributed by atoms with van der Waals surface area (Å²) in [7, 11) is 0. The lowest BCUT2D eigenvalue weighted by molar-refractivity contribution is 0.482. The lowest BCUT2D eigenvalue weighted by Gasteiger charge is -2.11. The molecule has 0 unspecified atom stereocenters. The second-order valence-corrected chi connectivity index (χ2v) is 5.32. The maximum Gasteiger partial charge on any atom is 0.128 e. The van der Waals surface area contributed by atoms with Crippen molar-refractivity contribution in [3.05, 3.63) is 57.5 Å². The van der Waals surface area contributed by atoms with Crippen molar-refractivity contribution in [1.29, 1.82) is 0 Å². The predicted molar refractivity (Wildman–Crippen MR) is 78.3 cm³/mol. The van der Waals surface area contributed by atoms with Gasteiger partial charge in [-0.05, 0) is 42.8 Å². The number of hydrogen-bond acceptors (Lipinski definition) is 2. The normalized spacial score (nSPS) is 12.2. The monoisotopic (exact) mass is 325 g/mol. The molecule has 0 saturated carbocycles. The minimum atomic E-state index is -0.0143. The van der Waals surface area contributed by atoms with Crippen LogP contribution in [0.15, 0.2) is 46.9 Å². The molecule has 0 heterocycles. The Morgan fingerprint density at radius 2 is 1.89 bits per heavy atom. The van der Waals surface area contributed by atoms with Crippen molar-refractivity contribution in [3.8, 4) is 11.5 Å². The van der Waals surface area contributed by atoms with E-state index in [9.17, 15) is 0 Å². The Balaban J connectivity index is 2.23. The van der Waals surface area contributed by atoms with Crippen LogP contribution in [-0.4, -0.2) is 0 Å². The maximum absolute atomic E-state index is 5.90. The predicted octanol–water partition coefficient (Wildman–Crippen LogP) is 4.91. The standard InChI is InChI=1S/C14H13BrClNO/c1-9(17)13-6-5-12(8-14(13)15)18-11-4-2-3-10(16)7-11/h2-9H,17H2,1H3/t9-/m0/s1. The van der Waals surface area contributed by atoms with Gasteiger partial charge in [-0.15, -0.1) is 0 Å². The SMILES string of the molecule is C[C@H](N)c1ccc(Oc2cccc(Cl)c2)cc1Br. The first-order valence-corrected chi connectivity index (χ1v) is 6.72. The summed E-state index contributed by atoms with van der Waals surface area (Å²) in [5.41, 5.74) is 6.90. The Bertz CT molecular complexity index is 557. The Kier molecular flexibility index (Phi) is 4.27. The summed E-state index contributed by atoms with van der Waals surface area (Å²) in [6.07, 6.45) is 0. The van der Waals surface area contributed by atoms with Crippen LogP contribution in [0.2, 0.25) is 5.02 Å². The second kappa shape index (κ2) is 5.74. The van der Waals surface area contributed by atoms with Crippen molar-refractivity contribution in [1.82, 2.24) is 0 Å². The number of ether oxygens (including phenoxy) is 1. The number of nitrogens with two attached hydrogens (primary N) is 1. The molecule has 0 aliphatic rings. The summed E-state index contributed by atoms with van der Waals surface area (Å²) in [5.74, 6) is 1.46. The Hall–Kier alpha value is -1.03. The number of benzene rings is 2. The van der Waals surface area contributed by atoms with Gasteiger partial charge in [0, 0.05) is 15.5 Å². The van der Waals surface area contributed by atoms with E-state index in [-0.39, 0.29) is 6.04 Å². The fourth-order valence-electron chi connectivity index (χ4n) is 1.61. The summed E-state index contributed by atoms with van der Waals surface area (Å²) >= 11 is 9.39. The van der Waals surface area contributed by atoms with E-state index in [0.717, 1.165) is 15.8 Å². The third-order valence-electron chi connectivity index (χ3n) is 2.49. The van der Waals surface area contributed by atoms with Gasteiger partial charge in [0.25, 0.3) is 0 Å². The summed E-state index contributed by atoms with van der Waals surface area (Å²) in [4.78, 5) is 0. The molecule has 18 heavy (non-hydrogen) atoms. The van der Waals surface area contributed by atoms with Gasteiger partial charge >= 0.3 is 0 Å². The third kappa shape index (κ3) is 3.25.